The first-order valence-corrected chi connectivity index (χ1v) is 6.56. The Balaban J connectivity index is 3.04. The van der Waals surface area contributed by atoms with Crippen molar-refractivity contribution >= 4 is 23.5 Å². The summed E-state index contributed by atoms with van der Waals surface area (Å²) in [5, 5.41) is 17.9. The van der Waals surface area contributed by atoms with E-state index in [0.717, 1.165) is 23.0 Å². The summed E-state index contributed by atoms with van der Waals surface area (Å²) < 4.78 is 0. The summed E-state index contributed by atoms with van der Waals surface area (Å²) in [4.78, 5) is 0. The molecule has 2 N–H and O–H groups in total. The van der Waals surface area contributed by atoms with Gasteiger partial charge in [0.2, 0.25) is 0 Å². The molecule has 1 atom stereocenters. The van der Waals surface area contributed by atoms with Crippen LogP contribution in [0.1, 0.15) is 13.3 Å². The van der Waals surface area contributed by atoms with Crippen LogP contribution in [-0.2, 0) is 0 Å². The van der Waals surface area contributed by atoms with Crippen molar-refractivity contribution in [1.29, 1.82) is 0 Å². The van der Waals surface area contributed by atoms with Crippen LogP contribution in [0, 0.1) is 0 Å². The van der Waals surface area contributed by atoms with Crippen molar-refractivity contribution in [1.82, 2.24) is 0 Å². The molecule has 0 aromatic rings. The lowest BCUT2D eigenvalue weighted by atomic mass is 10.5. The molecule has 0 rings (SSSR count). The number of hydrogen-bond acceptors (Lipinski definition) is 4. The molecule has 0 saturated carbocycles. The minimum Gasteiger partial charge on any atom is -0.396 e. The van der Waals surface area contributed by atoms with E-state index >= 15 is 0 Å². The standard InChI is InChI=1S/C8H18O2S2/c1-2-4-11-6-8(10)7-12-5-3-9/h8-10H,2-7H2,1H3. The molecule has 0 aliphatic carbocycles. The van der Waals surface area contributed by atoms with Gasteiger partial charge in [-0.2, -0.15) is 23.5 Å². The van der Waals surface area contributed by atoms with Crippen LogP contribution < -0.4 is 0 Å². The van der Waals surface area contributed by atoms with E-state index in [9.17, 15) is 5.11 Å². The van der Waals surface area contributed by atoms with Gasteiger partial charge in [-0.05, 0) is 12.2 Å². The SMILES string of the molecule is CCCSCC(O)CSCCO. The zero-order valence-corrected chi connectivity index (χ0v) is 9.16. The maximum atomic E-state index is 9.38. The van der Waals surface area contributed by atoms with Gasteiger partial charge >= 0.3 is 0 Å². The third-order valence-electron chi connectivity index (χ3n) is 1.20. The van der Waals surface area contributed by atoms with Gasteiger partial charge in [-0.1, -0.05) is 6.92 Å². The fourth-order valence-corrected chi connectivity index (χ4v) is 2.38. The van der Waals surface area contributed by atoms with Crippen LogP contribution in [0.25, 0.3) is 0 Å². The van der Waals surface area contributed by atoms with Crippen LogP contribution in [0.5, 0.6) is 0 Å². The van der Waals surface area contributed by atoms with E-state index in [1.54, 1.807) is 23.5 Å². The molecule has 12 heavy (non-hydrogen) atoms. The summed E-state index contributed by atoms with van der Waals surface area (Å²) in [7, 11) is 0. The van der Waals surface area contributed by atoms with E-state index in [0.29, 0.717) is 0 Å². The third-order valence-corrected chi connectivity index (χ3v) is 3.61. The van der Waals surface area contributed by atoms with Crippen molar-refractivity contribution in [2.24, 2.45) is 0 Å². The molecule has 0 saturated heterocycles. The molecule has 0 aromatic carbocycles. The average molecular weight is 210 g/mol. The molecule has 0 amide bonds. The van der Waals surface area contributed by atoms with E-state index in [4.69, 9.17) is 5.11 Å². The first-order chi connectivity index (χ1) is 5.81. The molecule has 0 bridgehead atoms. The van der Waals surface area contributed by atoms with Gasteiger partial charge in [-0.15, -0.1) is 0 Å². The van der Waals surface area contributed by atoms with Gasteiger partial charge in [0.25, 0.3) is 0 Å². The molecular formula is C8H18O2S2. The van der Waals surface area contributed by atoms with Crippen molar-refractivity contribution < 1.29 is 10.2 Å². The predicted octanol–water partition coefficient (Wildman–Crippen LogP) is 1.22. The second-order valence-corrected chi connectivity index (χ2v) is 4.83. The molecule has 74 valence electrons. The number of rotatable bonds is 8. The highest BCUT2D eigenvalue weighted by atomic mass is 32.2. The summed E-state index contributed by atoms with van der Waals surface area (Å²) in [6.07, 6.45) is 0.958. The zero-order chi connectivity index (χ0) is 9.23. The van der Waals surface area contributed by atoms with E-state index in [1.165, 1.54) is 6.42 Å². The van der Waals surface area contributed by atoms with Crippen molar-refractivity contribution in [3.05, 3.63) is 0 Å². The normalized spacial score (nSPS) is 13.2. The second-order valence-electron chi connectivity index (χ2n) is 2.53. The lowest BCUT2D eigenvalue weighted by molar-refractivity contribution is 0.225. The molecule has 0 aliphatic heterocycles. The largest absolute Gasteiger partial charge is 0.396 e. The van der Waals surface area contributed by atoms with Crippen LogP contribution >= 0.6 is 23.5 Å². The highest BCUT2D eigenvalue weighted by molar-refractivity contribution is 8.00. The molecule has 0 radical (unpaired) electrons. The summed E-state index contributed by atoms with van der Waals surface area (Å²) in [6, 6.07) is 0. The lowest BCUT2D eigenvalue weighted by Crippen LogP contribution is -2.14. The van der Waals surface area contributed by atoms with Crippen molar-refractivity contribution in [3.8, 4) is 0 Å². The predicted molar refractivity (Wildman–Crippen MR) is 58.0 cm³/mol. The Morgan fingerprint density at radius 3 is 2.25 bits per heavy atom. The summed E-state index contributed by atoms with van der Waals surface area (Å²) in [5.41, 5.74) is 0. The number of aliphatic hydroxyl groups is 2. The molecule has 0 fully saturated rings. The number of aliphatic hydroxyl groups excluding tert-OH is 2. The molecule has 4 heteroatoms. The fourth-order valence-electron chi connectivity index (χ4n) is 0.696. The van der Waals surface area contributed by atoms with Crippen molar-refractivity contribution in [2.75, 3.05) is 29.6 Å². The first kappa shape index (κ1) is 12.6. The molecule has 0 aromatic heterocycles. The van der Waals surface area contributed by atoms with Crippen LogP contribution in [-0.4, -0.2) is 45.9 Å². The second kappa shape index (κ2) is 9.71. The van der Waals surface area contributed by atoms with Crippen LogP contribution in [0.3, 0.4) is 0 Å². The molecule has 0 heterocycles. The van der Waals surface area contributed by atoms with Gasteiger partial charge in [0.05, 0.1) is 12.7 Å². The lowest BCUT2D eigenvalue weighted by Gasteiger charge is -2.08. The Kier molecular flexibility index (Phi) is 10.2. The van der Waals surface area contributed by atoms with Crippen molar-refractivity contribution in [2.45, 2.75) is 19.4 Å². The maximum Gasteiger partial charge on any atom is 0.0720 e. The van der Waals surface area contributed by atoms with E-state index in [-0.39, 0.29) is 12.7 Å². The minimum absolute atomic E-state index is 0.208. The van der Waals surface area contributed by atoms with E-state index in [2.05, 4.69) is 6.92 Å². The Morgan fingerprint density at radius 1 is 1.17 bits per heavy atom. The zero-order valence-electron chi connectivity index (χ0n) is 7.53. The van der Waals surface area contributed by atoms with Crippen molar-refractivity contribution in [3.63, 3.8) is 0 Å². The smallest absolute Gasteiger partial charge is 0.0720 e. The van der Waals surface area contributed by atoms with Gasteiger partial charge in [0.1, 0.15) is 0 Å². The molecule has 0 spiro atoms. The van der Waals surface area contributed by atoms with Crippen LogP contribution in [0.15, 0.2) is 0 Å². The minimum atomic E-state index is -0.210. The molecular weight excluding hydrogens is 192 g/mol. The van der Waals surface area contributed by atoms with E-state index in [1.807, 2.05) is 0 Å². The maximum absolute atomic E-state index is 9.38. The van der Waals surface area contributed by atoms with Gasteiger partial charge in [-0.3, -0.25) is 0 Å². The molecule has 2 nitrogen and oxygen atoms in total. The van der Waals surface area contributed by atoms with Gasteiger partial charge in [0, 0.05) is 17.3 Å². The Hall–Kier alpha value is 0.620. The molecule has 1 unspecified atom stereocenters. The number of hydrogen-bond donors (Lipinski definition) is 2. The van der Waals surface area contributed by atoms with Crippen LogP contribution in [0.2, 0.25) is 0 Å². The highest BCUT2D eigenvalue weighted by Gasteiger charge is 2.02. The number of thioether (sulfide) groups is 2. The summed E-state index contributed by atoms with van der Waals surface area (Å²) in [5.74, 6) is 3.43. The Morgan fingerprint density at radius 2 is 1.75 bits per heavy atom. The van der Waals surface area contributed by atoms with Gasteiger partial charge < -0.3 is 10.2 Å². The van der Waals surface area contributed by atoms with E-state index < -0.39 is 0 Å². The van der Waals surface area contributed by atoms with Gasteiger partial charge in [-0.25, -0.2) is 0 Å². The quantitative estimate of drug-likeness (QED) is 0.591. The Labute approximate surface area is 83.1 Å². The summed E-state index contributed by atoms with van der Waals surface area (Å²) in [6.45, 7) is 2.35. The van der Waals surface area contributed by atoms with Crippen LogP contribution in [0.4, 0.5) is 0 Å². The summed E-state index contributed by atoms with van der Waals surface area (Å²) >= 11 is 3.40. The molecule has 0 aliphatic rings. The Bertz CT molecular complexity index is 81.1. The average Bonchev–Trinajstić information content (AvgIpc) is 2.06. The monoisotopic (exact) mass is 210 g/mol. The topological polar surface area (TPSA) is 40.5 Å². The fraction of sp³-hybridized carbons (Fsp3) is 1.00. The third kappa shape index (κ3) is 8.71. The first-order valence-electron chi connectivity index (χ1n) is 4.25. The van der Waals surface area contributed by atoms with Gasteiger partial charge in [0.15, 0.2) is 0 Å². The highest BCUT2D eigenvalue weighted by Crippen LogP contribution is 2.09.